The van der Waals surface area contributed by atoms with Crippen LogP contribution in [0.1, 0.15) is 30.4 Å². The lowest BCUT2D eigenvalue weighted by Crippen LogP contribution is -2.34. The first-order valence-electron chi connectivity index (χ1n) is 11.0. The minimum absolute atomic E-state index is 0.0379. The Hall–Kier alpha value is -2.70. The molecule has 166 valence electrons. The van der Waals surface area contributed by atoms with Gasteiger partial charge in [-0.1, -0.05) is 36.4 Å². The summed E-state index contributed by atoms with van der Waals surface area (Å²) >= 11 is 0. The number of benzene rings is 2. The van der Waals surface area contributed by atoms with Gasteiger partial charge in [-0.3, -0.25) is 14.5 Å². The van der Waals surface area contributed by atoms with E-state index in [1.807, 2.05) is 50.2 Å². The molecule has 0 atom stereocenters. The lowest BCUT2D eigenvalue weighted by atomic mass is 9.93. The number of likely N-dealkylation sites (tertiary alicyclic amines) is 1. The first kappa shape index (κ1) is 23.0. The van der Waals surface area contributed by atoms with Gasteiger partial charge < -0.3 is 15.5 Å². The number of likely N-dealkylation sites (N-methyl/N-ethyl adjacent to an activating group) is 1. The van der Waals surface area contributed by atoms with Gasteiger partial charge in [0, 0.05) is 24.3 Å². The number of amides is 2. The van der Waals surface area contributed by atoms with Crippen LogP contribution >= 0.6 is 0 Å². The van der Waals surface area contributed by atoms with E-state index in [1.165, 1.54) is 5.56 Å². The molecular weight excluding hydrogens is 388 g/mol. The summed E-state index contributed by atoms with van der Waals surface area (Å²) in [6, 6.07) is 16.2. The van der Waals surface area contributed by atoms with E-state index in [0.29, 0.717) is 18.9 Å². The Bertz CT molecular complexity index is 874. The number of piperidine rings is 1. The van der Waals surface area contributed by atoms with E-state index in [1.54, 1.807) is 0 Å². The highest BCUT2D eigenvalue weighted by Crippen LogP contribution is 2.24. The number of rotatable bonds is 8. The molecule has 1 aliphatic rings. The molecule has 0 bridgehead atoms. The van der Waals surface area contributed by atoms with Crippen molar-refractivity contribution in [1.82, 2.24) is 9.80 Å². The lowest BCUT2D eigenvalue weighted by molar-refractivity contribution is -0.118. The quantitative estimate of drug-likeness (QED) is 0.680. The van der Waals surface area contributed by atoms with Crippen LogP contribution < -0.4 is 10.6 Å². The van der Waals surface area contributed by atoms with E-state index >= 15 is 0 Å². The highest BCUT2D eigenvalue weighted by Gasteiger charge is 2.21. The van der Waals surface area contributed by atoms with Crippen LogP contribution in [0.4, 0.5) is 11.4 Å². The molecule has 6 heteroatoms. The van der Waals surface area contributed by atoms with Gasteiger partial charge in [0.25, 0.3) is 0 Å². The SMILES string of the molecule is Cc1ccc(NC(=O)CC2CCN(Cc3ccccc3)CC2)cc1NC(=O)CN(C)C. The zero-order valence-electron chi connectivity index (χ0n) is 18.9. The van der Waals surface area contributed by atoms with Crippen LogP contribution in [0.5, 0.6) is 0 Å². The van der Waals surface area contributed by atoms with Crippen LogP contribution in [-0.2, 0) is 16.1 Å². The molecule has 0 unspecified atom stereocenters. The summed E-state index contributed by atoms with van der Waals surface area (Å²) in [5, 5.41) is 5.93. The minimum atomic E-state index is -0.0705. The normalized spacial score (nSPS) is 15.1. The van der Waals surface area contributed by atoms with Gasteiger partial charge in [0.05, 0.1) is 6.54 Å². The molecule has 0 radical (unpaired) electrons. The first-order chi connectivity index (χ1) is 14.9. The Balaban J connectivity index is 1.46. The molecule has 2 aromatic carbocycles. The number of anilines is 2. The average molecular weight is 423 g/mol. The summed E-state index contributed by atoms with van der Waals surface area (Å²) in [5.41, 5.74) is 3.76. The van der Waals surface area contributed by atoms with Crippen LogP contribution in [0, 0.1) is 12.8 Å². The third kappa shape index (κ3) is 7.49. The number of aryl methyl sites for hydroxylation is 1. The van der Waals surface area contributed by atoms with Gasteiger partial charge in [-0.15, -0.1) is 0 Å². The molecule has 6 nitrogen and oxygen atoms in total. The largest absolute Gasteiger partial charge is 0.326 e. The van der Waals surface area contributed by atoms with Crippen molar-refractivity contribution in [3.8, 4) is 0 Å². The van der Waals surface area contributed by atoms with Gasteiger partial charge in [-0.2, -0.15) is 0 Å². The second kappa shape index (κ2) is 11.1. The highest BCUT2D eigenvalue weighted by molar-refractivity contribution is 5.95. The molecular formula is C25H34N4O2. The van der Waals surface area contributed by atoms with E-state index in [0.717, 1.165) is 49.4 Å². The molecule has 31 heavy (non-hydrogen) atoms. The van der Waals surface area contributed by atoms with Crippen molar-refractivity contribution < 1.29 is 9.59 Å². The van der Waals surface area contributed by atoms with Crippen molar-refractivity contribution in [1.29, 1.82) is 0 Å². The number of carbonyl (C=O) groups excluding carboxylic acids is 2. The van der Waals surface area contributed by atoms with Gasteiger partial charge in [-0.05, 0) is 76.1 Å². The summed E-state index contributed by atoms with van der Waals surface area (Å²) in [4.78, 5) is 29.0. The zero-order chi connectivity index (χ0) is 22.2. The first-order valence-corrected chi connectivity index (χ1v) is 11.0. The molecule has 0 aliphatic carbocycles. The summed E-state index contributed by atoms with van der Waals surface area (Å²) in [6.45, 7) is 5.30. The maximum absolute atomic E-state index is 12.6. The summed E-state index contributed by atoms with van der Waals surface area (Å²) in [6.07, 6.45) is 2.62. The fourth-order valence-corrected chi connectivity index (χ4v) is 3.98. The third-order valence-corrected chi connectivity index (χ3v) is 5.69. The van der Waals surface area contributed by atoms with Gasteiger partial charge in [0.1, 0.15) is 0 Å². The Morgan fingerprint density at radius 3 is 2.39 bits per heavy atom. The molecule has 2 N–H and O–H groups in total. The predicted octanol–water partition coefficient (Wildman–Crippen LogP) is 3.74. The second-order valence-electron chi connectivity index (χ2n) is 8.77. The average Bonchev–Trinajstić information content (AvgIpc) is 2.72. The lowest BCUT2D eigenvalue weighted by Gasteiger charge is -2.31. The minimum Gasteiger partial charge on any atom is -0.326 e. The van der Waals surface area contributed by atoms with Gasteiger partial charge in [0.2, 0.25) is 11.8 Å². The standard InChI is InChI=1S/C25H34N4O2/c1-19-9-10-22(16-23(19)27-25(31)18-28(2)3)26-24(30)15-20-11-13-29(14-12-20)17-21-7-5-4-6-8-21/h4-10,16,20H,11-15,17-18H2,1-3H3,(H,26,30)(H,27,31). The maximum atomic E-state index is 12.6. The number of hydrogen-bond donors (Lipinski definition) is 2. The Kier molecular flexibility index (Phi) is 8.20. The van der Waals surface area contributed by atoms with E-state index < -0.39 is 0 Å². The van der Waals surface area contributed by atoms with Crippen molar-refractivity contribution in [2.45, 2.75) is 32.7 Å². The maximum Gasteiger partial charge on any atom is 0.238 e. The van der Waals surface area contributed by atoms with Crippen LogP contribution in [0.25, 0.3) is 0 Å². The second-order valence-corrected chi connectivity index (χ2v) is 8.77. The van der Waals surface area contributed by atoms with Crippen molar-refractivity contribution in [3.63, 3.8) is 0 Å². The fourth-order valence-electron chi connectivity index (χ4n) is 3.98. The van der Waals surface area contributed by atoms with Crippen molar-refractivity contribution in [2.75, 3.05) is 44.4 Å². The highest BCUT2D eigenvalue weighted by atomic mass is 16.2. The summed E-state index contributed by atoms with van der Waals surface area (Å²) < 4.78 is 0. The van der Waals surface area contributed by atoms with Crippen LogP contribution in [0.3, 0.4) is 0 Å². The third-order valence-electron chi connectivity index (χ3n) is 5.69. The predicted molar refractivity (Wildman–Crippen MR) is 126 cm³/mol. The Morgan fingerprint density at radius 1 is 1.00 bits per heavy atom. The molecule has 0 saturated carbocycles. The molecule has 1 fully saturated rings. The van der Waals surface area contributed by atoms with Crippen molar-refractivity contribution in [3.05, 3.63) is 59.7 Å². The van der Waals surface area contributed by atoms with E-state index in [-0.39, 0.29) is 11.8 Å². The smallest absolute Gasteiger partial charge is 0.238 e. The van der Waals surface area contributed by atoms with Gasteiger partial charge >= 0.3 is 0 Å². The van der Waals surface area contributed by atoms with Crippen LogP contribution in [0.2, 0.25) is 0 Å². The van der Waals surface area contributed by atoms with Crippen LogP contribution in [0.15, 0.2) is 48.5 Å². The van der Waals surface area contributed by atoms with Gasteiger partial charge in [-0.25, -0.2) is 0 Å². The van der Waals surface area contributed by atoms with Crippen molar-refractivity contribution >= 4 is 23.2 Å². The number of carbonyl (C=O) groups is 2. The van der Waals surface area contributed by atoms with Crippen molar-refractivity contribution in [2.24, 2.45) is 5.92 Å². The zero-order valence-corrected chi connectivity index (χ0v) is 18.9. The fraction of sp³-hybridized carbons (Fsp3) is 0.440. The van der Waals surface area contributed by atoms with E-state index in [2.05, 4.69) is 39.8 Å². The molecule has 2 aromatic rings. The van der Waals surface area contributed by atoms with Crippen LogP contribution in [-0.4, -0.2) is 55.3 Å². The molecule has 2 amide bonds. The molecule has 1 aliphatic heterocycles. The number of nitrogens with one attached hydrogen (secondary N) is 2. The molecule has 0 aromatic heterocycles. The van der Waals surface area contributed by atoms with Gasteiger partial charge in [0.15, 0.2) is 0 Å². The molecule has 3 rings (SSSR count). The Morgan fingerprint density at radius 2 is 1.71 bits per heavy atom. The molecule has 1 saturated heterocycles. The number of hydrogen-bond acceptors (Lipinski definition) is 4. The van der Waals surface area contributed by atoms with E-state index in [9.17, 15) is 9.59 Å². The monoisotopic (exact) mass is 422 g/mol. The molecule has 0 spiro atoms. The van der Waals surface area contributed by atoms with E-state index in [4.69, 9.17) is 0 Å². The molecule has 1 heterocycles. The topological polar surface area (TPSA) is 64.7 Å². The Labute approximate surface area is 185 Å². The summed E-state index contributed by atoms with van der Waals surface area (Å²) in [5.74, 6) is 0.381. The summed E-state index contributed by atoms with van der Waals surface area (Å²) in [7, 11) is 3.71. The number of nitrogens with zero attached hydrogens (tertiary/aromatic N) is 2.